The van der Waals surface area contributed by atoms with Crippen molar-refractivity contribution in [1.29, 1.82) is 0 Å². The van der Waals surface area contributed by atoms with Crippen molar-refractivity contribution in [3.63, 3.8) is 0 Å². The van der Waals surface area contributed by atoms with Gasteiger partial charge in [-0.3, -0.25) is 13.9 Å². The van der Waals surface area contributed by atoms with Crippen LogP contribution in [0.5, 0.6) is 11.5 Å². The molecule has 0 radical (unpaired) electrons. The Kier molecular flexibility index (Phi) is 10.6. The Hall–Kier alpha value is -3.27. The predicted molar refractivity (Wildman–Crippen MR) is 153 cm³/mol. The summed E-state index contributed by atoms with van der Waals surface area (Å²) in [5.41, 5.74) is 2.09. The van der Waals surface area contributed by atoms with Crippen LogP contribution in [0.4, 0.5) is 5.69 Å². The van der Waals surface area contributed by atoms with Crippen LogP contribution in [-0.4, -0.2) is 64.2 Å². The van der Waals surface area contributed by atoms with Gasteiger partial charge in [-0.1, -0.05) is 50.5 Å². The summed E-state index contributed by atoms with van der Waals surface area (Å²) >= 11 is 0. The minimum atomic E-state index is -3.89. The summed E-state index contributed by atoms with van der Waals surface area (Å²) < 4.78 is 37.6. The third-order valence-corrected chi connectivity index (χ3v) is 8.40. The lowest BCUT2D eigenvalue weighted by molar-refractivity contribution is -0.140. The Balaban J connectivity index is 1.97. The molecule has 214 valence electrons. The third-order valence-electron chi connectivity index (χ3n) is 7.27. The van der Waals surface area contributed by atoms with Crippen LogP contribution in [0.25, 0.3) is 0 Å². The van der Waals surface area contributed by atoms with Gasteiger partial charge in [0.1, 0.15) is 24.1 Å². The molecule has 2 aromatic carbocycles. The van der Waals surface area contributed by atoms with Gasteiger partial charge in [-0.2, -0.15) is 0 Å². The number of methoxy groups -OCH3 is 2. The van der Waals surface area contributed by atoms with E-state index in [0.29, 0.717) is 12.2 Å². The van der Waals surface area contributed by atoms with E-state index < -0.39 is 28.5 Å². The molecule has 0 saturated heterocycles. The first-order valence-corrected chi connectivity index (χ1v) is 15.3. The summed E-state index contributed by atoms with van der Waals surface area (Å²) in [6.45, 7) is 3.51. The number of ether oxygens (including phenoxy) is 2. The highest BCUT2D eigenvalue weighted by Gasteiger charge is 2.33. The van der Waals surface area contributed by atoms with Crippen LogP contribution < -0.4 is 19.1 Å². The van der Waals surface area contributed by atoms with Crippen molar-refractivity contribution in [3.8, 4) is 11.5 Å². The molecule has 0 spiro atoms. The van der Waals surface area contributed by atoms with Crippen molar-refractivity contribution in [2.45, 2.75) is 71.0 Å². The molecule has 10 heteroatoms. The summed E-state index contributed by atoms with van der Waals surface area (Å²) in [7, 11) is -0.967. The number of carbonyl (C=O) groups is 2. The van der Waals surface area contributed by atoms with Gasteiger partial charge in [-0.15, -0.1) is 0 Å². The third kappa shape index (κ3) is 7.88. The molecule has 2 amide bonds. The van der Waals surface area contributed by atoms with Gasteiger partial charge in [0.2, 0.25) is 21.8 Å². The second-order valence-corrected chi connectivity index (χ2v) is 11.9. The molecule has 2 aromatic rings. The van der Waals surface area contributed by atoms with Gasteiger partial charge >= 0.3 is 0 Å². The highest BCUT2D eigenvalue weighted by Crippen LogP contribution is 2.34. The molecular weight excluding hydrogens is 518 g/mol. The maximum absolute atomic E-state index is 14.0. The monoisotopic (exact) mass is 559 g/mol. The molecule has 1 aliphatic carbocycles. The van der Waals surface area contributed by atoms with Crippen molar-refractivity contribution in [3.05, 3.63) is 53.6 Å². The largest absolute Gasteiger partial charge is 0.497 e. The zero-order valence-corrected chi connectivity index (χ0v) is 24.4. The minimum Gasteiger partial charge on any atom is -0.497 e. The van der Waals surface area contributed by atoms with Gasteiger partial charge in [0, 0.05) is 18.7 Å². The van der Waals surface area contributed by atoms with Crippen LogP contribution in [0, 0.1) is 6.92 Å². The van der Waals surface area contributed by atoms with E-state index in [4.69, 9.17) is 9.47 Å². The number of sulfonamides is 1. The number of hydrogen-bond donors (Lipinski definition) is 1. The topological polar surface area (TPSA) is 105 Å². The molecule has 1 atom stereocenters. The van der Waals surface area contributed by atoms with E-state index in [1.807, 2.05) is 38.1 Å². The molecule has 0 aromatic heterocycles. The number of aryl methyl sites for hydroxylation is 1. The normalized spacial score (nSPS) is 14.8. The fourth-order valence-corrected chi connectivity index (χ4v) is 5.87. The fraction of sp³-hybridized carbons (Fsp3) is 0.517. The number of rotatable bonds is 12. The fourth-order valence-electron chi connectivity index (χ4n) is 5.02. The van der Waals surface area contributed by atoms with E-state index in [9.17, 15) is 18.0 Å². The highest BCUT2D eigenvalue weighted by molar-refractivity contribution is 7.92. The molecule has 39 heavy (non-hydrogen) atoms. The first kappa shape index (κ1) is 30.3. The quantitative estimate of drug-likeness (QED) is 0.421. The smallest absolute Gasteiger partial charge is 0.244 e. The van der Waals surface area contributed by atoms with Crippen LogP contribution in [0.15, 0.2) is 42.5 Å². The lowest BCUT2D eigenvalue weighted by Crippen LogP contribution is -2.54. The zero-order valence-electron chi connectivity index (χ0n) is 23.6. The Morgan fingerprint density at radius 1 is 1.05 bits per heavy atom. The van der Waals surface area contributed by atoms with Crippen molar-refractivity contribution < 1.29 is 27.5 Å². The maximum atomic E-state index is 14.0. The van der Waals surface area contributed by atoms with Gasteiger partial charge in [0.15, 0.2) is 0 Å². The standard InChI is InChI=1S/C29H41N3O6S/c1-6-25(29(34)30-23-14-8-7-9-15-23)31(19-22-13-11-10-12-21(22)2)28(33)20-32(39(5,35)36)26-17-16-24(37-3)18-27(26)38-4/h10-13,16-18,23,25H,6-9,14-15,19-20H2,1-5H3,(H,30,34)/t25-/m1/s1. The predicted octanol–water partition coefficient (Wildman–Crippen LogP) is 4.03. The van der Waals surface area contributed by atoms with Crippen LogP contribution in [0.3, 0.4) is 0 Å². The Morgan fingerprint density at radius 3 is 2.33 bits per heavy atom. The Bertz CT molecular complexity index is 1240. The average molecular weight is 560 g/mol. The molecule has 9 nitrogen and oxygen atoms in total. The number of nitrogens with one attached hydrogen (secondary N) is 1. The first-order chi connectivity index (χ1) is 18.6. The van der Waals surface area contributed by atoms with E-state index in [0.717, 1.165) is 53.8 Å². The molecule has 1 fully saturated rings. The van der Waals surface area contributed by atoms with Crippen LogP contribution in [-0.2, 0) is 26.2 Å². The molecule has 0 bridgehead atoms. The number of benzene rings is 2. The van der Waals surface area contributed by atoms with E-state index in [2.05, 4.69) is 5.32 Å². The minimum absolute atomic E-state index is 0.0896. The Morgan fingerprint density at radius 2 is 1.74 bits per heavy atom. The SMILES string of the molecule is CC[C@H](C(=O)NC1CCCCC1)N(Cc1ccccc1C)C(=O)CN(c1ccc(OC)cc1OC)S(C)(=O)=O. The zero-order chi connectivity index (χ0) is 28.6. The van der Waals surface area contributed by atoms with E-state index in [-0.39, 0.29) is 29.9 Å². The number of carbonyl (C=O) groups excluding carboxylic acids is 2. The summed E-state index contributed by atoms with van der Waals surface area (Å²) in [6.07, 6.45) is 6.59. The van der Waals surface area contributed by atoms with Crippen molar-refractivity contribution in [2.75, 3.05) is 31.3 Å². The summed E-state index contributed by atoms with van der Waals surface area (Å²) in [5.74, 6) is 0.0496. The highest BCUT2D eigenvalue weighted by atomic mass is 32.2. The molecule has 0 aliphatic heterocycles. The first-order valence-electron chi connectivity index (χ1n) is 13.4. The molecule has 0 unspecified atom stereocenters. The van der Waals surface area contributed by atoms with Crippen molar-refractivity contribution in [1.82, 2.24) is 10.2 Å². The lowest BCUT2D eigenvalue weighted by Gasteiger charge is -2.34. The summed E-state index contributed by atoms with van der Waals surface area (Å²) in [6, 6.07) is 11.7. The molecule has 3 rings (SSSR count). The van der Waals surface area contributed by atoms with Crippen molar-refractivity contribution >= 4 is 27.5 Å². The second kappa shape index (κ2) is 13.7. The summed E-state index contributed by atoms with van der Waals surface area (Å²) in [5, 5.41) is 3.15. The second-order valence-electron chi connectivity index (χ2n) is 10.0. The molecule has 1 N–H and O–H groups in total. The Labute approximate surface area is 232 Å². The number of amides is 2. The molecule has 1 aliphatic rings. The van der Waals surface area contributed by atoms with Crippen LogP contribution >= 0.6 is 0 Å². The number of nitrogens with zero attached hydrogens (tertiary/aromatic N) is 2. The number of hydrogen-bond acceptors (Lipinski definition) is 6. The van der Waals surface area contributed by atoms with Gasteiger partial charge < -0.3 is 19.7 Å². The van der Waals surface area contributed by atoms with E-state index in [1.54, 1.807) is 18.2 Å². The van der Waals surface area contributed by atoms with Crippen LogP contribution in [0.1, 0.15) is 56.6 Å². The maximum Gasteiger partial charge on any atom is 0.244 e. The van der Waals surface area contributed by atoms with Gasteiger partial charge in [-0.25, -0.2) is 8.42 Å². The van der Waals surface area contributed by atoms with E-state index in [1.165, 1.54) is 19.1 Å². The number of anilines is 1. The average Bonchev–Trinajstić information content (AvgIpc) is 2.92. The lowest BCUT2D eigenvalue weighted by atomic mass is 9.95. The van der Waals surface area contributed by atoms with Gasteiger partial charge in [0.05, 0.1) is 26.2 Å². The van der Waals surface area contributed by atoms with Gasteiger partial charge in [0.25, 0.3) is 0 Å². The molecular formula is C29H41N3O6S. The summed E-state index contributed by atoms with van der Waals surface area (Å²) in [4.78, 5) is 29.0. The van der Waals surface area contributed by atoms with Crippen LogP contribution in [0.2, 0.25) is 0 Å². The van der Waals surface area contributed by atoms with Crippen molar-refractivity contribution in [2.24, 2.45) is 0 Å². The molecule has 1 saturated carbocycles. The molecule has 0 heterocycles. The van der Waals surface area contributed by atoms with E-state index >= 15 is 0 Å². The van der Waals surface area contributed by atoms with Gasteiger partial charge in [-0.05, 0) is 49.4 Å².